The van der Waals surface area contributed by atoms with Gasteiger partial charge in [-0.3, -0.25) is 19.2 Å². The molecule has 3 amide bonds. The molecule has 1 saturated heterocycles. The monoisotopic (exact) mass is 595 g/mol. The van der Waals surface area contributed by atoms with Gasteiger partial charge in [0.05, 0.1) is 12.0 Å². The standard InChI is InChI=1S/C28H29F4N3O7/c29-19-10-16(28(41)42)11-20(30)18(19)8-9-33-26(39)21(13-23(31)32)34-27(40)22-12-17(15-4-2-1-3-5-15)14-35(22)24(36)6-7-25(37)38/h1-5,10-11,17,21-23H,6-9,12-14H2,(H,33,39)(H,34,40)(H,37,38)(H,41,42)/t17-,21+,22?/m1/s1. The smallest absolute Gasteiger partial charge is 0.335 e. The SMILES string of the molecule is O=C(O)CCC(=O)N1C[C@H](c2ccccc2)CC1C(=O)N[C@@H](CC(F)F)C(=O)NCCc1c(F)cc(C(=O)O)cc1F. The number of carbonyl (C=O) groups excluding carboxylic acids is 3. The summed E-state index contributed by atoms with van der Waals surface area (Å²) in [4.78, 5) is 61.9. The van der Waals surface area contributed by atoms with Gasteiger partial charge < -0.3 is 25.7 Å². The van der Waals surface area contributed by atoms with Gasteiger partial charge in [0.1, 0.15) is 23.7 Å². The highest BCUT2D eigenvalue weighted by Crippen LogP contribution is 2.32. The highest BCUT2D eigenvalue weighted by atomic mass is 19.3. The molecule has 1 heterocycles. The largest absolute Gasteiger partial charge is 0.481 e. The van der Waals surface area contributed by atoms with Gasteiger partial charge in [-0.1, -0.05) is 30.3 Å². The number of aliphatic carboxylic acids is 1. The fourth-order valence-electron chi connectivity index (χ4n) is 4.76. The number of alkyl halides is 2. The van der Waals surface area contributed by atoms with Crippen LogP contribution in [0.15, 0.2) is 42.5 Å². The molecule has 1 fully saturated rings. The Morgan fingerprint density at radius 2 is 1.62 bits per heavy atom. The lowest BCUT2D eigenvalue weighted by atomic mass is 9.96. The van der Waals surface area contributed by atoms with Crippen LogP contribution >= 0.6 is 0 Å². The molecular weight excluding hydrogens is 566 g/mol. The number of carbonyl (C=O) groups is 5. The summed E-state index contributed by atoms with van der Waals surface area (Å²) in [5, 5.41) is 22.3. The lowest BCUT2D eigenvalue weighted by Crippen LogP contribution is -2.53. The Balaban J connectivity index is 1.71. The van der Waals surface area contributed by atoms with Crippen LogP contribution in [0.5, 0.6) is 0 Å². The van der Waals surface area contributed by atoms with Crippen molar-refractivity contribution in [3.05, 3.63) is 70.8 Å². The van der Waals surface area contributed by atoms with E-state index in [9.17, 15) is 41.5 Å². The molecule has 0 aromatic heterocycles. The van der Waals surface area contributed by atoms with E-state index in [0.29, 0.717) is 12.1 Å². The molecule has 0 bridgehead atoms. The van der Waals surface area contributed by atoms with Crippen LogP contribution in [0.3, 0.4) is 0 Å². The minimum atomic E-state index is -3.02. The van der Waals surface area contributed by atoms with Gasteiger partial charge in [-0.05, 0) is 30.5 Å². The lowest BCUT2D eigenvalue weighted by molar-refractivity contribution is -0.143. The zero-order valence-corrected chi connectivity index (χ0v) is 22.2. The number of benzene rings is 2. The number of halogens is 4. The number of hydrogen-bond acceptors (Lipinski definition) is 5. The summed E-state index contributed by atoms with van der Waals surface area (Å²) in [5.74, 6) is -7.97. The summed E-state index contributed by atoms with van der Waals surface area (Å²) in [6.07, 6.45) is -5.31. The molecule has 0 radical (unpaired) electrons. The van der Waals surface area contributed by atoms with Crippen molar-refractivity contribution in [2.45, 2.75) is 56.5 Å². The van der Waals surface area contributed by atoms with Gasteiger partial charge in [-0.2, -0.15) is 0 Å². The first-order valence-electron chi connectivity index (χ1n) is 13.0. The molecule has 2 aromatic rings. The first-order chi connectivity index (χ1) is 19.9. The summed E-state index contributed by atoms with van der Waals surface area (Å²) in [7, 11) is 0. The predicted molar refractivity (Wildman–Crippen MR) is 139 cm³/mol. The van der Waals surface area contributed by atoms with Crippen LogP contribution in [0.25, 0.3) is 0 Å². The van der Waals surface area contributed by atoms with Crippen molar-refractivity contribution in [2.24, 2.45) is 0 Å². The van der Waals surface area contributed by atoms with Crippen LogP contribution < -0.4 is 10.6 Å². The van der Waals surface area contributed by atoms with Crippen LogP contribution in [-0.4, -0.2) is 76.4 Å². The first kappa shape index (κ1) is 32.0. The van der Waals surface area contributed by atoms with E-state index in [1.165, 1.54) is 4.90 Å². The van der Waals surface area contributed by atoms with E-state index in [1.807, 2.05) is 0 Å². The third-order valence-electron chi connectivity index (χ3n) is 6.86. The van der Waals surface area contributed by atoms with Gasteiger partial charge in [-0.25, -0.2) is 22.4 Å². The van der Waals surface area contributed by atoms with Crippen molar-refractivity contribution in [1.82, 2.24) is 15.5 Å². The van der Waals surface area contributed by atoms with E-state index in [1.54, 1.807) is 30.3 Å². The predicted octanol–water partition coefficient (Wildman–Crippen LogP) is 2.71. The highest BCUT2D eigenvalue weighted by molar-refractivity contribution is 5.93. The number of carboxylic acids is 2. The van der Waals surface area contributed by atoms with E-state index >= 15 is 0 Å². The van der Waals surface area contributed by atoms with Crippen molar-refractivity contribution in [3.8, 4) is 0 Å². The van der Waals surface area contributed by atoms with E-state index in [2.05, 4.69) is 10.6 Å². The summed E-state index contributed by atoms with van der Waals surface area (Å²) < 4.78 is 55.0. The van der Waals surface area contributed by atoms with E-state index in [4.69, 9.17) is 10.2 Å². The average Bonchev–Trinajstić information content (AvgIpc) is 3.38. The zero-order valence-electron chi connectivity index (χ0n) is 22.2. The fraction of sp³-hybridized carbons (Fsp3) is 0.393. The molecule has 1 unspecified atom stereocenters. The molecule has 4 N–H and O–H groups in total. The Labute approximate surface area is 237 Å². The number of aromatic carboxylic acids is 1. The molecule has 226 valence electrons. The molecule has 0 aliphatic carbocycles. The normalized spacial score (nSPS) is 17.1. The number of nitrogens with one attached hydrogen (secondary N) is 2. The number of amides is 3. The molecule has 1 aliphatic heterocycles. The Bertz CT molecular complexity index is 1300. The van der Waals surface area contributed by atoms with Gasteiger partial charge in [-0.15, -0.1) is 0 Å². The fourth-order valence-corrected chi connectivity index (χ4v) is 4.76. The van der Waals surface area contributed by atoms with Gasteiger partial charge in [0.2, 0.25) is 24.1 Å². The molecule has 10 nitrogen and oxygen atoms in total. The van der Waals surface area contributed by atoms with Crippen molar-refractivity contribution >= 4 is 29.7 Å². The minimum absolute atomic E-state index is 0.0735. The highest BCUT2D eigenvalue weighted by Gasteiger charge is 2.41. The van der Waals surface area contributed by atoms with Crippen LogP contribution in [0.1, 0.15) is 53.1 Å². The minimum Gasteiger partial charge on any atom is -0.481 e. The molecule has 1 aliphatic rings. The van der Waals surface area contributed by atoms with Crippen LogP contribution in [0, 0.1) is 11.6 Å². The van der Waals surface area contributed by atoms with Crippen LogP contribution in [-0.2, 0) is 25.6 Å². The van der Waals surface area contributed by atoms with Gasteiger partial charge >= 0.3 is 11.9 Å². The molecule has 14 heteroatoms. The number of hydrogen-bond donors (Lipinski definition) is 4. The van der Waals surface area contributed by atoms with Crippen LogP contribution in [0.4, 0.5) is 17.6 Å². The number of likely N-dealkylation sites (tertiary alicyclic amines) is 1. The van der Waals surface area contributed by atoms with Crippen molar-refractivity contribution in [1.29, 1.82) is 0 Å². The molecular formula is C28H29F4N3O7. The number of nitrogens with zero attached hydrogens (tertiary/aromatic N) is 1. The number of rotatable bonds is 13. The molecule has 2 aromatic carbocycles. The van der Waals surface area contributed by atoms with Gasteiger partial charge in [0.25, 0.3) is 0 Å². The Morgan fingerprint density at radius 1 is 0.976 bits per heavy atom. The molecule has 0 saturated carbocycles. The summed E-state index contributed by atoms with van der Waals surface area (Å²) in [6.45, 7) is -0.349. The molecule has 0 spiro atoms. The second-order valence-corrected chi connectivity index (χ2v) is 9.75. The third kappa shape index (κ3) is 8.51. The summed E-state index contributed by atoms with van der Waals surface area (Å²) in [6, 6.07) is 7.18. The van der Waals surface area contributed by atoms with Crippen molar-refractivity contribution in [3.63, 3.8) is 0 Å². The first-order valence-corrected chi connectivity index (χ1v) is 13.0. The van der Waals surface area contributed by atoms with Gasteiger partial charge in [0.15, 0.2) is 0 Å². The maximum Gasteiger partial charge on any atom is 0.335 e. The van der Waals surface area contributed by atoms with Crippen LogP contribution in [0.2, 0.25) is 0 Å². The lowest BCUT2D eigenvalue weighted by Gasteiger charge is -2.26. The molecule has 3 rings (SSSR count). The Morgan fingerprint density at radius 3 is 2.19 bits per heavy atom. The maximum atomic E-state index is 14.2. The van der Waals surface area contributed by atoms with Crippen molar-refractivity contribution < 1.29 is 51.7 Å². The van der Waals surface area contributed by atoms with Crippen molar-refractivity contribution in [2.75, 3.05) is 13.1 Å². The Hall–Kier alpha value is -4.49. The van der Waals surface area contributed by atoms with E-state index in [0.717, 1.165) is 5.56 Å². The maximum absolute atomic E-state index is 14.2. The van der Waals surface area contributed by atoms with Gasteiger partial charge in [0, 0.05) is 37.4 Å². The second kappa shape index (κ2) is 14.4. The topological polar surface area (TPSA) is 153 Å². The third-order valence-corrected chi connectivity index (χ3v) is 6.86. The second-order valence-electron chi connectivity index (χ2n) is 9.75. The summed E-state index contributed by atoms with van der Waals surface area (Å²) >= 11 is 0. The van der Waals surface area contributed by atoms with E-state index < -0.39 is 96.7 Å². The zero-order chi connectivity index (χ0) is 31.0. The quantitative estimate of drug-likeness (QED) is 0.260. The van der Waals surface area contributed by atoms with E-state index in [-0.39, 0.29) is 25.3 Å². The molecule has 3 atom stereocenters. The molecule has 42 heavy (non-hydrogen) atoms. The number of carboxylic acid groups (broad SMARTS) is 2. The Kier molecular flexibility index (Phi) is 11.0. The average molecular weight is 596 g/mol. The summed E-state index contributed by atoms with van der Waals surface area (Å²) in [5.41, 5.74) is -0.334.